The van der Waals surface area contributed by atoms with Gasteiger partial charge in [0.15, 0.2) is 10.8 Å². The fourth-order valence-corrected chi connectivity index (χ4v) is 5.34. The third-order valence-electron chi connectivity index (χ3n) is 7.25. The number of hydrogen-bond acceptors (Lipinski definition) is 9. The number of aryl methyl sites for hydroxylation is 1. The first-order valence-electron chi connectivity index (χ1n) is 14.1. The van der Waals surface area contributed by atoms with Gasteiger partial charge in [-0.2, -0.15) is 10.1 Å². The van der Waals surface area contributed by atoms with E-state index in [-0.39, 0.29) is 23.5 Å². The maximum absolute atomic E-state index is 13.1. The number of rotatable bonds is 14. The summed E-state index contributed by atoms with van der Waals surface area (Å²) in [5.41, 5.74) is 5.97. The second-order valence-electron chi connectivity index (χ2n) is 10.0. The van der Waals surface area contributed by atoms with Crippen LogP contribution in [-0.2, 0) is 22.5 Å². The summed E-state index contributed by atoms with van der Waals surface area (Å²) in [5.74, 6) is 0.433. The summed E-state index contributed by atoms with van der Waals surface area (Å²) < 4.78 is 7.03. The van der Waals surface area contributed by atoms with E-state index in [2.05, 4.69) is 38.1 Å². The van der Waals surface area contributed by atoms with Crippen molar-refractivity contribution >= 4 is 17.6 Å². The summed E-state index contributed by atoms with van der Waals surface area (Å²) >= 11 is 6.45. The van der Waals surface area contributed by atoms with Crippen molar-refractivity contribution in [3.05, 3.63) is 75.7 Å². The van der Waals surface area contributed by atoms with Crippen LogP contribution in [0.25, 0.3) is 22.5 Å². The molecular formula is C28H33ClN9O5+. The van der Waals surface area contributed by atoms with Crippen LogP contribution in [0.2, 0.25) is 5.15 Å². The van der Waals surface area contributed by atoms with Gasteiger partial charge >= 0.3 is 5.97 Å². The van der Waals surface area contributed by atoms with Crippen molar-refractivity contribution in [2.45, 2.75) is 51.6 Å². The van der Waals surface area contributed by atoms with Crippen molar-refractivity contribution in [3.63, 3.8) is 0 Å². The second kappa shape index (κ2) is 14.2. The van der Waals surface area contributed by atoms with Crippen molar-refractivity contribution in [2.24, 2.45) is 0 Å². The maximum atomic E-state index is 13.1. The summed E-state index contributed by atoms with van der Waals surface area (Å²) in [7, 11) is 0. The molecule has 0 spiro atoms. The number of nitrogens with zero attached hydrogens (tertiary/aromatic N) is 7. The lowest BCUT2D eigenvalue weighted by Crippen LogP contribution is -2.46. The number of hydrazine groups is 2. The van der Waals surface area contributed by atoms with Crippen LogP contribution in [0.15, 0.2) is 48.5 Å². The predicted octanol–water partition coefficient (Wildman–Crippen LogP) is 3.48. The zero-order valence-electron chi connectivity index (χ0n) is 23.6. The van der Waals surface area contributed by atoms with E-state index in [1.807, 2.05) is 48.5 Å². The van der Waals surface area contributed by atoms with Crippen LogP contribution in [0, 0.1) is 4.91 Å². The second-order valence-corrected chi connectivity index (χ2v) is 10.4. The van der Waals surface area contributed by atoms with Crippen molar-refractivity contribution in [1.82, 2.24) is 40.8 Å². The number of carbonyl (C=O) groups is 1. The summed E-state index contributed by atoms with van der Waals surface area (Å²) in [6.07, 6.45) is 3.92. The zero-order valence-corrected chi connectivity index (χ0v) is 24.4. The highest BCUT2D eigenvalue weighted by atomic mass is 35.5. The number of tetrazole rings is 1. The van der Waals surface area contributed by atoms with E-state index < -0.39 is 12.8 Å². The van der Waals surface area contributed by atoms with Gasteiger partial charge in [-0.05, 0) is 41.2 Å². The molecule has 0 bridgehead atoms. The molecule has 0 radical (unpaired) electrons. The van der Waals surface area contributed by atoms with E-state index >= 15 is 0 Å². The van der Waals surface area contributed by atoms with E-state index in [1.54, 1.807) is 4.57 Å². The standard InChI is InChI=1S/C28H33ClN9O5/c1-2-3-10-24-30-26(29)25(28(40)42-18-43-35-38(41)37-15-6-7-21(37)17-39)36(24)16-19-11-13-20(14-12-19)22-8-4-5-9-23(22)27-31-33-34-32-27/h4-5,8-9,11-14,21,39H,2-3,6-7,10,15-18H2,1H3,(H,35,41)(H,31,32,33,34)/q+1/t21-/m0/s1. The zero-order chi connectivity index (χ0) is 30.2. The lowest BCUT2D eigenvalue weighted by molar-refractivity contribution is -0.793. The first-order valence-corrected chi connectivity index (χ1v) is 14.4. The number of aliphatic hydroxyl groups is 1. The first kappa shape index (κ1) is 30.1. The molecule has 2 aromatic carbocycles. The molecule has 2 aromatic heterocycles. The van der Waals surface area contributed by atoms with Crippen LogP contribution in [0.5, 0.6) is 0 Å². The molecule has 1 fully saturated rings. The molecule has 3 N–H and O–H groups in total. The highest BCUT2D eigenvalue weighted by molar-refractivity contribution is 6.32. The van der Waals surface area contributed by atoms with Crippen molar-refractivity contribution in [2.75, 3.05) is 19.9 Å². The number of aromatic nitrogens is 6. The van der Waals surface area contributed by atoms with Gasteiger partial charge in [-0.25, -0.2) is 9.78 Å². The maximum Gasteiger partial charge on any atom is 0.360 e. The van der Waals surface area contributed by atoms with E-state index in [0.717, 1.165) is 41.5 Å². The number of unbranched alkanes of at least 4 members (excludes halogenated alkanes) is 1. The molecule has 0 aliphatic carbocycles. The number of hydrogen-bond donors (Lipinski definition) is 3. The number of imidazole rings is 1. The van der Waals surface area contributed by atoms with Crippen LogP contribution >= 0.6 is 11.6 Å². The first-order chi connectivity index (χ1) is 21.0. The van der Waals surface area contributed by atoms with Gasteiger partial charge in [-0.1, -0.05) is 73.5 Å². The molecule has 0 saturated carbocycles. The summed E-state index contributed by atoms with van der Waals surface area (Å²) in [6.45, 7) is 2.20. The van der Waals surface area contributed by atoms with Gasteiger partial charge in [0.05, 0.1) is 18.1 Å². The molecule has 1 aliphatic heterocycles. The molecule has 1 saturated heterocycles. The molecule has 5 rings (SSSR count). The lowest BCUT2D eigenvalue weighted by Gasteiger charge is -2.14. The highest BCUT2D eigenvalue weighted by Crippen LogP contribution is 2.30. The minimum absolute atomic E-state index is 0.0306. The number of aromatic amines is 1. The number of H-pyrrole nitrogens is 1. The van der Waals surface area contributed by atoms with E-state index in [1.165, 1.54) is 5.01 Å². The molecular weight excluding hydrogens is 578 g/mol. The molecule has 14 nitrogen and oxygen atoms in total. The molecule has 1 aliphatic rings. The summed E-state index contributed by atoms with van der Waals surface area (Å²) in [5, 5.41) is 25.2. The smallest absolute Gasteiger partial charge is 0.360 e. The molecule has 15 heteroatoms. The van der Waals surface area contributed by atoms with Gasteiger partial charge in [0, 0.05) is 24.1 Å². The van der Waals surface area contributed by atoms with Crippen molar-refractivity contribution in [1.29, 1.82) is 0 Å². The number of nitroso groups, excluding NO2 is 1. The Bertz CT molecular complexity index is 1530. The van der Waals surface area contributed by atoms with Crippen LogP contribution in [0.4, 0.5) is 0 Å². The Morgan fingerprint density at radius 2 is 2.00 bits per heavy atom. The van der Waals surface area contributed by atoms with E-state index in [4.69, 9.17) is 21.2 Å². The van der Waals surface area contributed by atoms with Crippen LogP contribution in [-0.4, -0.2) is 77.2 Å². The Balaban J connectivity index is 1.28. The monoisotopic (exact) mass is 610 g/mol. The minimum atomic E-state index is -0.737. The number of benzene rings is 2. The highest BCUT2D eigenvalue weighted by Gasteiger charge is 2.35. The molecule has 226 valence electrons. The van der Waals surface area contributed by atoms with Crippen LogP contribution in [0.3, 0.4) is 0 Å². The molecule has 1 atom stereocenters. The molecule has 0 amide bonds. The Morgan fingerprint density at radius 3 is 2.72 bits per heavy atom. The number of esters is 1. The number of ether oxygens (including phenoxy) is 1. The molecule has 0 unspecified atom stereocenters. The van der Waals surface area contributed by atoms with E-state index in [0.29, 0.717) is 42.6 Å². The average Bonchev–Trinajstić information content (AvgIpc) is 3.79. The largest absolute Gasteiger partial charge is 0.431 e. The third kappa shape index (κ3) is 6.98. The Hall–Kier alpha value is -4.40. The van der Waals surface area contributed by atoms with Crippen LogP contribution in [0.1, 0.15) is 54.5 Å². The topological polar surface area (TPSA) is 163 Å². The molecule has 3 heterocycles. The lowest BCUT2D eigenvalue weighted by atomic mass is 9.98. The molecule has 4 aromatic rings. The fourth-order valence-electron chi connectivity index (χ4n) is 5.07. The number of aliphatic hydroxyl groups excluding tert-OH is 1. The Labute approximate surface area is 252 Å². The summed E-state index contributed by atoms with van der Waals surface area (Å²) in [6, 6.07) is 15.4. The van der Waals surface area contributed by atoms with Gasteiger partial charge in [0.2, 0.25) is 12.6 Å². The van der Waals surface area contributed by atoms with Gasteiger partial charge in [0.1, 0.15) is 11.9 Å². The van der Waals surface area contributed by atoms with Gasteiger partial charge in [0.25, 0.3) is 4.98 Å². The van der Waals surface area contributed by atoms with E-state index in [9.17, 15) is 14.8 Å². The van der Waals surface area contributed by atoms with Gasteiger partial charge in [-0.15, -0.1) is 15.2 Å². The minimum Gasteiger partial charge on any atom is -0.431 e. The van der Waals surface area contributed by atoms with Gasteiger partial charge < -0.3 is 14.4 Å². The Morgan fingerprint density at radius 1 is 1.21 bits per heavy atom. The number of halogens is 1. The summed E-state index contributed by atoms with van der Waals surface area (Å²) in [4.78, 5) is 35.3. The van der Waals surface area contributed by atoms with Crippen molar-refractivity contribution < 1.29 is 24.5 Å². The predicted molar refractivity (Wildman–Crippen MR) is 155 cm³/mol. The van der Waals surface area contributed by atoms with Crippen molar-refractivity contribution in [3.8, 4) is 22.5 Å². The van der Waals surface area contributed by atoms with Crippen LogP contribution < -0.4 is 5.59 Å². The average molecular weight is 611 g/mol. The third-order valence-corrected chi connectivity index (χ3v) is 7.52. The fraction of sp³-hybridized carbons (Fsp3) is 0.393. The Kier molecular flexibility index (Phi) is 9.92. The molecule has 43 heavy (non-hydrogen) atoms. The normalized spacial score (nSPS) is 14.7. The number of nitrogens with one attached hydrogen (secondary N) is 2. The SMILES string of the molecule is CCCCc1nc(Cl)c(C(=O)OCON[N+](=O)N2CCC[C@H]2CO)n1Cc1ccc(-c2ccccc2-c2nn[nH]n2)cc1. The number of carbonyl (C=O) groups excluding carboxylic acids is 1. The quantitative estimate of drug-likeness (QED) is 0.0629. The van der Waals surface area contributed by atoms with Gasteiger partial charge in [-0.3, -0.25) is 0 Å².